The molecule has 18 heavy (non-hydrogen) atoms. The molecule has 0 saturated carbocycles. The van der Waals surface area contributed by atoms with Crippen LogP contribution in [0.15, 0.2) is 10.5 Å². The quantitative estimate of drug-likeness (QED) is 0.894. The van der Waals surface area contributed by atoms with Crippen molar-refractivity contribution in [3.63, 3.8) is 0 Å². The van der Waals surface area contributed by atoms with Gasteiger partial charge in [-0.3, -0.25) is 9.69 Å². The monoisotopic (exact) mass is 351 g/mol. The lowest BCUT2D eigenvalue weighted by Gasteiger charge is -2.41. The van der Waals surface area contributed by atoms with Crippen LogP contribution in [0.4, 0.5) is 0 Å². The van der Waals surface area contributed by atoms with Gasteiger partial charge < -0.3 is 5.11 Å². The van der Waals surface area contributed by atoms with Gasteiger partial charge in [0.15, 0.2) is 0 Å². The highest BCUT2D eigenvalue weighted by Gasteiger charge is 2.41. The van der Waals surface area contributed by atoms with Crippen molar-refractivity contribution in [1.82, 2.24) is 4.90 Å². The predicted molar refractivity (Wildman–Crippen MR) is 77.3 cm³/mol. The minimum absolute atomic E-state index is 0.652. The summed E-state index contributed by atoms with van der Waals surface area (Å²) in [6, 6.07) is 1.98. The number of hydrogen-bond donors (Lipinski definition) is 1. The van der Waals surface area contributed by atoms with Gasteiger partial charge in [0.25, 0.3) is 0 Å². The zero-order valence-corrected chi connectivity index (χ0v) is 13.2. The summed E-state index contributed by atoms with van der Waals surface area (Å²) in [4.78, 5) is 14.6. The average molecular weight is 353 g/mol. The fourth-order valence-electron chi connectivity index (χ4n) is 2.33. The first-order valence-electron chi connectivity index (χ1n) is 5.85. The Labute approximate surface area is 124 Å². The largest absolute Gasteiger partial charge is 0.480 e. The van der Waals surface area contributed by atoms with Crippen molar-refractivity contribution in [1.29, 1.82) is 0 Å². The third-order valence-electron chi connectivity index (χ3n) is 3.54. The molecule has 6 heteroatoms. The maximum absolute atomic E-state index is 11.5. The van der Waals surface area contributed by atoms with E-state index in [2.05, 4.69) is 15.9 Å². The van der Waals surface area contributed by atoms with E-state index in [9.17, 15) is 9.90 Å². The normalized spacial score (nSPS) is 25.3. The number of likely N-dealkylation sites (tertiary alicyclic amines) is 1. The van der Waals surface area contributed by atoms with Gasteiger partial charge in [0.05, 0.1) is 0 Å². The van der Waals surface area contributed by atoms with E-state index in [1.54, 1.807) is 0 Å². The van der Waals surface area contributed by atoms with Gasteiger partial charge >= 0.3 is 5.97 Å². The van der Waals surface area contributed by atoms with Gasteiger partial charge in [0, 0.05) is 15.9 Å². The summed E-state index contributed by atoms with van der Waals surface area (Å²) in [6.07, 6.45) is 2.75. The van der Waals surface area contributed by atoms with Gasteiger partial charge in [-0.05, 0) is 54.7 Å². The average Bonchev–Trinajstić information content (AvgIpc) is 2.61. The van der Waals surface area contributed by atoms with Gasteiger partial charge in [0.1, 0.15) is 9.88 Å². The third kappa shape index (κ3) is 2.74. The molecule has 1 aromatic rings. The molecule has 100 valence electrons. The Hall–Kier alpha value is -0.100. The molecular weight excluding hydrogens is 338 g/mol. The second kappa shape index (κ2) is 5.49. The van der Waals surface area contributed by atoms with E-state index in [1.165, 1.54) is 11.3 Å². The smallest absolute Gasteiger partial charge is 0.323 e. The van der Waals surface area contributed by atoms with Crippen LogP contribution in [0.5, 0.6) is 0 Å². The minimum Gasteiger partial charge on any atom is -0.480 e. The first-order valence-corrected chi connectivity index (χ1v) is 7.84. The molecule has 2 heterocycles. The van der Waals surface area contributed by atoms with Crippen molar-refractivity contribution in [2.24, 2.45) is 0 Å². The zero-order valence-electron chi connectivity index (χ0n) is 10.1. The summed E-state index contributed by atoms with van der Waals surface area (Å²) >= 11 is 10.9. The summed E-state index contributed by atoms with van der Waals surface area (Å²) in [5.74, 6) is -0.732. The SMILES string of the molecule is CC1(C(=O)O)CCCCN1Cc1cc(Br)c(Cl)s1. The van der Waals surface area contributed by atoms with E-state index >= 15 is 0 Å². The number of halogens is 2. The molecule has 1 N–H and O–H groups in total. The first-order chi connectivity index (χ1) is 8.43. The number of carboxylic acid groups (broad SMARTS) is 1. The van der Waals surface area contributed by atoms with Crippen molar-refractivity contribution in [3.8, 4) is 0 Å². The Kier molecular flexibility index (Phi) is 4.36. The summed E-state index contributed by atoms with van der Waals surface area (Å²) in [5.41, 5.74) is -0.749. The van der Waals surface area contributed by atoms with Gasteiger partial charge in [0.2, 0.25) is 0 Å². The highest BCUT2D eigenvalue weighted by atomic mass is 79.9. The molecule has 0 radical (unpaired) electrons. The summed E-state index contributed by atoms with van der Waals surface area (Å²) < 4.78 is 1.61. The Balaban J connectivity index is 2.17. The standard InChI is InChI=1S/C12H15BrClNO2S/c1-12(11(16)17)4-2-3-5-15(12)7-8-6-9(13)10(14)18-8/h6H,2-5,7H2,1H3,(H,16,17). The zero-order chi connectivity index (χ0) is 13.3. The second-order valence-electron chi connectivity index (χ2n) is 4.79. The summed E-state index contributed by atoms with van der Waals surface area (Å²) in [5, 5.41) is 9.43. The maximum Gasteiger partial charge on any atom is 0.323 e. The fourth-order valence-corrected chi connectivity index (χ4v) is 4.14. The van der Waals surface area contributed by atoms with Crippen LogP contribution in [-0.4, -0.2) is 28.1 Å². The lowest BCUT2D eigenvalue weighted by Crippen LogP contribution is -2.54. The van der Waals surface area contributed by atoms with E-state index in [-0.39, 0.29) is 0 Å². The van der Waals surface area contributed by atoms with Crippen molar-refractivity contribution < 1.29 is 9.90 Å². The molecule has 1 atom stereocenters. The van der Waals surface area contributed by atoms with Gasteiger partial charge in [-0.1, -0.05) is 11.6 Å². The van der Waals surface area contributed by atoms with Crippen molar-refractivity contribution >= 4 is 44.8 Å². The van der Waals surface area contributed by atoms with Gasteiger partial charge in [-0.2, -0.15) is 0 Å². The van der Waals surface area contributed by atoms with Crippen molar-refractivity contribution in [3.05, 3.63) is 19.8 Å². The number of carbonyl (C=O) groups is 1. The molecule has 1 fully saturated rings. The van der Waals surface area contributed by atoms with E-state index < -0.39 is 11.5 Å². The van der Waals surface area contributed by atoms with Crippen LogP contribution >= 0.6 is 38.9 Å². The van der Waals surface area contributed by atoms with E-state index in [1.807, 2.05) is 17.9 Å². The second-order valence-corrected chi connectivity index (χ2v) is 7.39. The highest BCUT2D eigenvalue weighted by molar-refractivity contribution is 9.10. The predicted octanol–water partition coefficient (Wildman–Crippen LogP) is 3.99. The van der Waals surface area contributed by atoms with E-state index in [0.717, 1.165) is 33.1 Å². The third-order valence-corrected chi connectivity index (χ3v) is 6.00. The molecule has 0 amide bonds. The Morgan fingerprint density at radius 3 is 2.94 bits per heavy atom. The molecule has 2 rings (SSSR count). The molecular formula is C12H15BrClNO2S. The van der Waals surface area contributed by atoms with Crippen LogP contribution in [0.25, 0.3) is 0 Å². The lowest BCUT2D eigenvalue weighted by atomic mass is 9.88. The van der Waals surface area contributed by atoms with Gasteiger partial charge in [-0.15, -0.1) is 11.3 Å². The molecule has 1 unspecified atom stereocenters. The number of aliphatic carboxylic acids is 1. The molecule has 0 bridgehead atoms. The molecule has 0 spiro atoms. The maximum atomic E-state index is 11.5. The van der Waals surface area contributed by atoms with E-state index in [0.29, 0.717) is 13.0 Å². The van der Waals surface area contributed by atoms with E-state index in [4.69, 9.17) is 11.6 Å². The molecule has 1 aromatic heterocycles. The number of carboxylic acids is 1. The van der Waals surface area contributed by atoms with Crippen LogP contribution in [-0.2, 0) is 11.3 Å². The first kappa shape index (κ1) is 14.3. The number of rotatable bonds is 3. The highest BCUT2D eigenvalue weighted by Crippen LogP contribution is 2.35. The number of thiophene rings is 1. The van der Waals surface area contributed by atoms with Crippen LogP contribution in [0.3, 0.4) is 0 Å². The number of nitrogens with zero attached hydrogens (tertiary/aromatic N) is 1. The van der Waals surface area contributed by atoms with Crippen LogP contribution in [0.1, 0.15) is 31.1 Å². The van der Waals surface area contributed by atoms with Gasteiger partial charge in [-0.25, -0.2) is 0 Å². The Morgan fingerprint density at radius 2 is 2.39 bits per heavy atom. The number of hydrogen-bond acceptors (Lipinski definition) is 3. The molecule has 3 nitrogen and oxygen atoms in total. The van der Waals surface area contributed by atoms with Crippen molar-refractivity contribution in [2.45, 2.75) is 38.3 Å². The van der Waals surface area contributed by atoms with Crippen molar-refractivity contribution in [2.75, 3.05) is 6.54 Å². The topological polar surface area (TPSA) is 40.5 Å². The van der Waals surface area contributed by atoms with Crippen LogP contribution in [0.2, 0.25) is 4.34 Å². The Morgan fingerprint density at radius 1 is 1.67 bits per heavy atom. The molecule has 1 aliphatic heterocycles. The molecule has 0 aliphatic carbocycles. The lowest BCUT2D eigenvalue weighted by molar-refractivity contribution is -0.153. The summed E-state index contributed by atoms with van der Waals surface area (Å²) in [6.45, 7) is 3.30. The molecule has 0 aromatic carbocycles. The number of piperidine rings is 1. The fraction of sp³-hybridized carbons (Fsp3) is 0.583. The van der Waals surface area contributed by atoms with Crippen LogP contribution in [0, 0.1) is 0 Å². The Bertz CT molecular complexity index is 445. The van der Waals surface area contributed by atoms with Crippen LogP contribution < -0.4 is 0 Å². The minimum atomic E-state index is -0.749. The summed E-state index contributed by atoms with van der Waals surface area (Å²) in [7, 11) is 0. The molecule has 1 aliphatic rings. The molecule has 1 saturated heterocycles.